The van der Waals surface area contributed by atoms with Gasteiger partial charge < -0.3 is 9.94 Å². The number of benzene rings is 3. The molecular formula is C32H36N2O5S. The summed E-state index contributed by atoms with van der Waals surface area (Å²) >= 11 is 0. The van der Waals surface area contributed by atoms with Crippen molar-refractivity contribution < 1.29 is 23.2 Å². The molecule has 0 unspecified atom stereocenters. The van der Waals surface area contributed by atoms with Crippen LogP contribution in [-0.4, -0.2) is 31.2 Å². The topological polar surface area (TPSA) is 105 Å². The summed E-state index contributed by atoms with van der Waals surface area (Å²) in [5.41, 5.74) is 3.75. The molecule has 1 aliphatic carbocycles. The number of nitrogens with one attached hydrogen (secondary N) is 1. The maximum Gasteiger partial charge on any atom is 0.303 e. The second kappa shape index (κ2) is 14.1. The first-order valence-corrected chi connectivity index (χ1v) is 15.1. The fourth-order valence-electron chi connectivity index (χ4n) is 4.88. The average molecular weight is 561 g/mol. The number of carboxylic acid groups (broad SMARTS) is 1. The highest BCUT2D eigenvalue weighted by molar-refractivity contribution is 7.89. The standard InChI is InChI=1S/C32H36N2O5S/c1-24-18-20-27(21-19-24)40(37,38)34-30-23-22-29(28(30)16-10-2-3-11-17-31(35)36)33-39-32(25-12-6-4-7-13-25)26-14-8-5-9-15-26/h2,4-10,12-15,18-21,28,30,32,34H,3,11,16-17,22-23H2,1H3,(H,35,36)/b10-2-,33-29+/t28-,30-/m0/s1. The van der Waals surface area contributed by atoms with Gasteiger partial charge in [-0.3, -0.25) is 4.79 Å². The van der Waals surface area contributed by atoms with Crippen LogP contribution >= 0.6 is 0 Å². The van der Waals surface area contributed by atoms with Crippen LogP contribution in [0.1, 0.15) is 61.3 Å². The molecular weight excluding hydrogens is 524 g/mol. The van der Waals surface area contributed by atoms with E-state index in [0.29, 0.717) is 32.1 Å². The van der Waals surface area contributed by atoms with E-state index in [4.69, 9.17) is 9.94 Å². The summed E-state index contributed by atoms with van der Waals surface area (Å²) in [6.45, 7) is 1.92. The van der Waals surface area contributed by atoms with E-state index in [1.54, 1.807) is 24.3 Å². The lowest BCUT2D eigenvalue weighted by atomic mass is 9.98. The third kappa shape index (κ3) is 8.13. The number of rotatable bonds is 13. The largest absolute Gasteiger partial charge is 0.481 e. The Morgan fingerprint density at radius 3 is 2.23 bits per heavy atom. The fraction of sp³-hybridized carbons (Fsp3) is 0.312. The van der Waals surface area contributed by atoms with Crippen molar-refractivity contribution >= 4 is 21.7 Å². The molecule has 2 N–H and O–H groups in total. The monoisotopic (exact) mass is 560 g/mol. The van der Waals surface area contributed by atoms with E-state index in [0.717, 1.165) is 22.4 Å². The van der Waals surface area contributed by atoms with Crippen molar-refractivity contribution in [2.45, 2.75) is 62.5 Å². The molecule has 8 heteroatoms. The zero-order chi connectivity index (χ0) is 28.4. The minimum absolute atomic E-state index is 0.119. The second-order valence-electron chi connectivity index (χ2n) is 10.1. The molecule has 3 aromatic rings. The Hall–Kier alpha value is -3.75. The number of carbonyl (C=O) groups is 1. The van der Waals surface area contributed by atoms with Crippen LogP contribution in [0.3, 0.4) is 0 Å². The molecule has 1 fully saturated rings. The van der Waals surface area contributed by atoms with Gasteiger partial charge in [0.15, 0.2) is 6.10 Å². The van der Waals surface area contributed by atoms with E-state index in [2.05, 4.69) is 9.88 Å². The Morgan fingerprint density at radius 2 is 1.62 bits per heavy atom. The number of carboxylic acids is 1. The van der Waals surface area contributed by atoms with Gasteiger partial charge in [-0.25, -0.2) is 13.1 Å². The van der Waals surface area contributed by atoms with Crippen LogP contribution in [0.25, 0.3) is 0 Å². The first kappa shape index (κ1) is 29.2. The molecule has 0 amide bonds. The highest BCUT2D eigenvalue weighted by atomic mass is 32.2. The summed E-state index contributed by atoms with van der Waals surface area (Å²) < 4.78 is 29.3. The third-order valence-electron chi connectivity index (χ3n) is 7.06. The predicted molar refractivity (Wildman–Crippen MR) is 157 cm³/mol. The van der Waals surface area contributed by atoms with Gasteiger partial charge in [0.25, 0.3) is 0 Å². The molecule has 0 heterocycles. The first-order chi connectivity index (χ1) is 19.3. The van der Waals surface area contributed by atoms with Gasteiger partial charge in [0.1, 0.15) is 0 Å². The lowest BCUT2D eigenvalue weighted by Crippen LogP contribution is -2.38. The van der Waals surface area contributed by atoms with E-state index in [9.17, 15) is 13.2 Å². The summed E-state index contributed by atoms with van der Waals surface area (Å²) in [5, 5.41) is 13.5. The molecule has 210 valence electrons. The molecule has 7 nitrogen and oxygen atoms in total. The van der Waals surface area contributed by atoms with Crippen LogP contribution in [-0.2, 0) is 19.7 Å². The second-order valence-corrected chi connectivity index (χ2v) is 11.8. The molecule has 4 rings (SSSR count). The number of hydrogen-bond donors (Lipinski definition) is 2. The van der Waals surface area contributed by atoms with Crippen molar-refractivity contribution in [3.8, 4) is 0 Å². The van der Waals surface area contributed by atoms with Crippen LogP contribution in [0.15, 0.2) is 107 Å². The molecule has 2 atom stereocenters. The number of sulfonamides is 1. The lowest BCUT2D eigenvalue weighted by Gasteiger charge is -2.21. The van der Waals surface area contributed by atoms with E-state index < -0.39 is 22.1 Å². The molecule has 0 saturated heterocycles. The maximum atomic E-state index is 13.2. The van der Waals surface area contributed by atoms with Gasteiger partial charge in [0.05, 0.1) is 10.6 Å². The fourth-order valence-corrected chi connectivity index (χ4v) is 6.19. The Morgan fingerprint density at radius 1 is 1.00 bits per heavy atom. The molecule has 3 aromatic carbocycles. The Balaban J connectivity index is 1.55. The number of hydrogen-bond acceptors (Lipinski definition) is 5. The van der Waals surface area contributed by atoms with Crippen LogP contribution in [0.4, 0.5) is 0 Å². The van der Waals surface area contributed by atoms with Crippen molar-refractivity contribution in [3.05, 3.63) is 114 Å². The van der Waals surface area contributed by atoms with Crippen LogP contribution < -0.4 is 4.72 Å². The van der Waals surface area contributed by atoms with Gasteiger partial charge in [0, 0.05) is 18.4 Å². The SMILES string of the molecule is Cc1ccc(S(=O)(=O)N[C@H]2CC/C(=N\OC(c3ccccc3)c3ccccc3)[C@@H]2C/C=C\CCCC(=O)O)cc1. The van der Waals surface area contributed by atoms with E-state index in [1.165, 1.54) is 0 Å². The minimum atomic E-state index is -3.72. The summed E-state index contributed by atoms with van der Waals surface area (Å²) in [6.07, 6.45) is 6.65. The highest BCUT2D eigenvalue weighted by Gasteiger charge is 2.36. The minimum Gasteiger partial charge on any atom is -0.481 e. The van der Waals surface area contributed by atoms with E-state index >= 15 is 0 Å². The van der Waals surface area contributed by atoms with Gasteiger partial charge >= 0.3 is 5.97 Å². The normalized spacial score (nSPS) is 18.5. The predicted octanol–water partition coefficient (Wildman–Crippen LogP) is 6.42. The Kier molecular flexibility index (Phi) is 10.3. The van der Waals surface area contributed by atoms with Gasteiger partial charge in [-0.1, -0.05) is 95.7 Å². The van der Waals surface area contributed by atoms with Gasteiger partial charge in [-0.2, -0.15) is 0 Å². The number of unbranched alkanes of at least 4 members (excludes halogenated alkanes) is 1. The number of nitrogens with zero attached hydrogens (tertiary/aromatic N) is 1. The summed E-state index contributed by atoms with van der Waals surface area (Å²) in [4.78, 5) is 17.2. The first-order valence-electron chi connectivity index (χ1n) is 13.6. The Bertz CT molecular complexity index is 1370. The molecule has 0 aromatic heterocycles. The quantitative estimate of drug-likeness (QED) is 0.143. The number of allylic oxidation sites excluding steroid dienone is 2. The van der Waals surface area contributed by atoms with Gasteiger partial charge in [-0.05, 0) is 62.3 Å². The molecule has 40 heavy (non-hydrogen) atoms. The zero-order valence-corrected chi connectivity index (χ0v) is 23.5. The van der Waals surface area contributed by atoms with Crippen molar-refractivity contribution in [2.75, 3.05) is 0 Å². The molecule has 1 saturated carbocycles. The average Bonchev–Trinajstić information content (AvgIpc) is 3.32. The number of aryl methyl sites for hydroxylation is 1. The molecule has 0 radical (unpaired) electrons. The molecule has 0 bridgehead atoms. The van der Waals surface area contributed by atoms with Crippen LogP contribution in [0.2, 0.25) is 0 Å². The van der Waals surface area contributed by atoms with Crippen molar-refractivity contribution in [1.29, 1.82) is 0 Å². The number of aliphatic carboxylic acids is 1. The Labute approximate surface area is 236 Å². The molecule has 0 spiro atoms. The van der Waals surface area contributed by atoms with Crippen molar-refractivity contribution in [2.24, 2.45) is 11.1 Å². The van der Waals surface area contributed by atoms with E-state index in [1.807, 2.05) is 79.7 Å². The van der Waals surface area contributed by atoms with Crippen molar-refractivity contribution in [1.82, 2.24) is 4.72 Å². The molecule has 0 aliphatic heterocycles. The maximum absolute atomic E-state index is 13.2. The zero-order valence-electron chi connectivity index (χ0n) is 22.6. The van der Waals surface area contributed by atoms with Gasteiger partial charge in [0.2, 0.25) is 10.0 Å². The lowest BCUT2D eigenvalue weighted by molar-refractivity contribution is -0.137. The van der Waals surface area contributed by atoms with Crippen LogP contribution in [0, 0.1) is 12.8 Å². The summed E-state index contributed by atoms with van der Waals surface area (Å²) in [5.74, 6) is -1.00. The van der Waals surface area contributed by atoms with Gasteiger partial charge in [-0.15, -0.1) is 0 Å². The number of oxime groups is 1. The molecule has 1 aliphatic rings. The third-order valence-corrected chi connectivity index (χ3v) is 8.57. The smallest absolute Gasteiger partial charge is 0.303 e. The summed E-state index contributed by atoms with van der Waals surface area (Å²) in [6, 6.07) is 26.2. The van der Waals surface area contributed by atoms with E-state index in [-0.39, 0.29) is 23.3 Å². The summed E-state index contributed by atoms with van der Waals surface area (Å²) in [7, 11) is -3.72. The van der Waals surface area contributed by atoms with Crippen molar-refractivity contribution in [3.63, 3.8) is 0 Å². The van der Waals surface area contributed by atoms with Crippen LogP contribution in [0.5, 0.6) is 0 Å². The highest BCUT2D eigenvalue weighted by Crippen LogP contribution is 2.31.